The van der Waals surface area contributed by atoms with Crippen LogP contribution in [0.4, 0.5) is 0 Å². The van der Waals surface area contributed by atoms with Crippen molar-refractivity contribution in [1.82, 2.24) is 10.1 Å². The minimum Gasteiger partial charge on any atom is -0.360 e. The Kier molecular flexibility index (Phi) is 3.53. The summed E-state index contributed by atoms with van der Waals surface area (Å²) < 4.78 is 5.29. The number of rotatable bonds is 1. The molecule has 0 saturated heterocycles. The van der Waals surface area contributed by atoms with Crippen LogP contribution in [0.15, 0.2) is 53.2 Å². The summed E-state index contributed by atoms with van der Waals surface area (Å²) in [6.45, 7) is 3.89. The van der Waals surface area contributed by atoms with Crippen LogP contribution >= 0.6 is 0 Å². The molecule has 0 bridgehead atoms. The smallest absolute Gasteiger partial charge is 0.149 e. The van der Waals surface area contributed by atoms with E-state index in [1.165, 1.54) is 0 Å². The summed E-state index contributed by atoms with van der Waals surface area (Å²) in [6, 6.07) is 13.8. The van der Waals surface area contributed by atoms with E-state index in [2.05, 4.69) is 22.0 Å². The van der Waals surface area contributed by atoms with Crippen molar-refractivity contribution < 1.29 is 4.52 Å². The Balaban J connectivity index is 2.03. The fourth-order valence-corrected chi connectivity index (χ4v) is 2.04. The second-order valence-electron chi connectivity index (χ2n) is 4.80. The minimum absolute atomic E-state index is 0.717. The van der Waals surface area contributed by atoms with Gasteiger partial charge < -0.3 is 4.52 Å². The van der Waals surface area contributed by atoms with Crippen LogP contribution in [0.5, 0.6) is 0 Å². The Hall–Kier alpha value is -2.86. The van der Waals surface area contributed by atoms with Gasteiger partial charge in [-0.05, 0) is 37.5 Å². The highest BCUT2D eigenvalue weighted by Gasteiger charge is 2.12. The molecular weight excluding hydrogens is 260 g/mol. The topological polar surface area (TPSA) is 38.9 Å². The quantitative estimate of drug-likeness (QED) is 0.634. The zero-order valence-corrected chi connectivity index (χ0v) is 11.9. The van der Waals surface area contributed by atoms with Gasteiger partial charge in [-0.3, -0.25) is 0 Å². The van der Waals surface area contributed by atoms with Crippen molar-refractivity contribution in [2.75, 3.05) is 0 Å². The Morgan fingerprint density at radius 2 is 1.81 bits per heavy atom. The Bertz CT molecular complexity index is 823. The molecule has 2 aromatic heterocycles. The number of benzene rings is 1. The van der Waals surface area contributed by atoms with Gasteiger partial charge in [-0.1, -0.05) is 41.4 Å². The Morgan fingerprint density at radius 1 is 1.00 bits per heavy atom. The van der Waals surface area contributed by atoms with E-state index in [0.29, 0.717) is 5.76 Å². The predicted octanol–water partition coefficient (Wildman–Crippen LogP) is 3.75. The minimum atomic E-state index is 0.717. The van der Waals surface area contributed by atoms with Crippen molar-refractivity contribution in [3.8, 4) is 23.1 Å². The van der Waals surface area contributed by atoms with Crippen LogP contribution < -0.4 is 0 Å². The van der Waals surface area contributed by atoms with E-state index in [0.717, 1.165) is 28.1 Å². The van der Waals surface area contributed by atoms with Gasteiger partial charge in [0, 0.05) is 11.8 Å². The van der Waals surface area contributed by atoms with Crippen molar-refractivity contribution in [3.05, 3.63) is 71.2 Å². The van der Waals surface area contributed by atoms with Gasteiger partial charge in [0.05, 0.1) is 5.56 Å². The standard InChI is InChI=1S/C18H14N2O/c1-13-10-11-19-16(12-13)8-9-17-14(2)21-20-18(17)15-6-4-3-5-7-15/h3-7,10-12H,1-2H3. The zero-order chi connectivity index (χ0) is 14.7. The molecule has 21 heavy (non-hydrogen) atoms. The van der Waals surface area contributed by atoms with Crippen molar-refractivity contribution in [2.45, 2.75) is 13.8 Å². The van der Waals surface area contributed by atoms with E-state index in [1.54, 1.807) is 6.20 Å². The van der Waals surface area contributed by atoms with E-state index in [-0.39, 0.29) is 0 Å². The van der Waals surface area contributed by atoms with Gasteiger partial charge in [-0.2, -0.15) is 0 Å². The van der Waals surface area contributed by atoms with Gasteiger partial charge in [-0.15, -0.1) is 0 Å². The third-order valence-corrected chi connectivity index (χ3v) is 3.14. The molecule has 0 N–H and O–H groups in total. The number of nitrogens with zero attached hydrogens (tertiary/aromatic N) is 2. The molecule has 0 aliphatic heterocycles. The first-order valence-electron chi connectivity index (χ1n) is 6.70. The third-order valence-electron chi connectivity index (χ3n) is 3.14. The summed E-state index contributed by atoms with van der Waals surface area (Å²) in [6.07, 6.45) is 1.76. The Morgan fingerprint density at radius 3 is 2.57 bits per heavy atom. The number of hydrogen-bond donors (Lipinski definition) is 0. The summed E-state index contributed by atoms with van der Waals surface area (Å²) >= 11 is 0. The van der Waals surface area contributed by atoms with Gasteiger partial charge in [0.25, 0.3) is 0 Å². The molecule has 0 atom stereocenters. The van der Waals surface area contributed by atoms with E-state index < -0.39 is 0 Å². The van der Waals surface area contributed by atoms with E-state index in [1.807, 2.05) is 56.3 Å². The highest BCUT2D eigenvalue weighted by atomic mass is 16.5. The maximum absolute atomic E-state index is 5.29. The lowest BCUT2D eigenvalue weighted by Gasteiger charge is -1.96. The third kappa shape index (κ3) is 2.85. The number of pyridine rings is 1. The summed E-state index contributed by atoms with van der Waals surface area (Å²) in [7, 11) is 0. The van der Waals surface area contributed by atoms with Crippen LogP contribution in [0.25, 0.3) is 11.3 Å². The molecule has 3 heteroatoms. The normalized spacial score (nSPS) is 10.0. The van der Waals surface area contributed by atoms with Crippen LogP contribution in [0, 0.1) is 25.7 Å². The van der Waals surface area contributed by atoms with Crippen molar-refractivity contribution >= 4 is 0 Å². The Labute approximate surface area is 123 Å². The first kappa shape index (κ1) is 13.1. The second kappa shape index (κ2) is 5.64. The second-order valence-corrected chi connectivity index (χ2v) is 4.80. The molecule has 102 valence electrons. The van der Waals surface area contributed by atoms with Gasteiger partial charge in [-0.25, -0.2) is 4.98 Å². The number of aryl methyl sites for hydroxylation is 2. The maximum Gasteiger partial charge on any atom is 0.149 e. The first-order chi connectivity index (χ1) is 10.2. The highest BCUT2D eigenvalue weighted by molar-refractivity contribution is 5.68. The van der Waals surface area contributed by atoms with Crippen molar-refractivity contribution in [2.24, 2.45) is 0 Å². The molecule has 0 spiro atoms. The molecule has 1 aromatic carbocycles. The largest absolute Gasteiger partial charge is 0.360 e. The van der Waals surface area contributed by atoms with Gasteiger partial charge >= 0.3 is 0 Å². The molecule has 3 nitrogen and oxygen atoms in total. The lowest BCUT2D eigenvalue weighted by atomic mass is 10.1. The van der Waals surface area contributed by atoms with E-state index in [9.17, 15) is 0 Å². The zero-order valence-electron chi connectivity index (χ0n) is 11.9. The average molecular weight is 274 g/mol. The van der Waals surface area contributed by atoms with Crippen LogP contribution in [-0.4, -0.2) is 10.1 Å². The fraction of sp³-hybridized carbons (Fsp3) is 0.111. The monoisotopic (exact) mass is 274 g/mol. The summed E-state index contributed by atoms with van der Waals surface area (Å²) in [5, 5.41) is 4.12. The molecule has 0 unspecified atom stereocenters. The predicted molar refractivity (Wildman–Crippen MR) is 81.6 cm³/mol. The number of hydrogen-bond acceptors (Lipinski definition) is 3. The van der Waals surface area contributed by atoms with Gasteiger partial charge in [0.15, 0.2) is 0 Å². The fourth-order valence-electron chi connectivity index (χ4n) is 2.04. The lowest BCUT2D eigenvalue weighted by molar-refractivity contribution is 0.399. The average Bonchev–Trinajstić information content (AvgIpc) is 2.87. The SMILES string of the molecule is Cc1ccnc(C#Cc2c(-c3ccccc3)noc2C)c1. The molecule has 3 rings (SSSR count). The number of aromatic nitrogens is 2. The molecule has 3 aromatic rings. The maximum atomic E-state index is 5.29. The first-order valence-corrected chi connectivity index (χ1v) is 6.70. The van der Waals surface area contributed by atoms with Crippen LogP contribution in [0.3, 0.4) is 0 Å². The van der Waals surface area contributed by atoms with Gasteiger partial charge in [0.1, 0.15) is 17.1 Å². The van der Waals surface area contributed by atoms with Crippen LogP contribution in [-0.2, 0) is 0 Å². The molecule has 0 aliphatic carbocycles. The molecular formula is C18H14N2O. The van der Waals surface area contributed by atoms with Crippen LogP contribution in [0.2, 0.25) is 0 Å². The van der Waals surface area contributed by atoms with Gasteiger partial charge in [0.2, 0.25) is 0 Å². The highest BCUT2D eigenvalue weighted by Crippen LogP contribution is 2.24. The summed E-state index contributed by atoms with van der Waals surface area (Å²) in [4.78, 5) is 4.25. The van der Waals surface area contributed by atoms with Crippen molar-refractivity contribution in [1.29, 1.82) is 0 Å². The van der Waals surface area contributed by atoms with E-state index >= 15 is 0 Å². The van der Waals surface area contributed by atoms with Crippen LogP contribution in [0.1, 0.15) is 22.6 Å². The molecule has 0 saturated carbocycles. The molecule has 0 amide bonds. The molecule has 0 radical (unpaired) electrons. The molecule has 2 heterocycles. The lowest BCUT2D eigenvalue weighted by Crippen LogP contribution is -1.85. The van der Waals surface area contributed by atoms with Crippen molar-refractivity contribution in [3.63, 3.8) is 0 Å². The molecule has 0 aliphatic rings. The van der Waals surface area contributed by atoms with E-state index in [4.69, 9.17) is 4.52 Å². The summed E-state index contributed by atoms with van der Waals surface area (Å²) in [5.41, 5.74) is 4.46. The molecule has 0 fully saturated rings. The summed E-state index contributed by atoms with van der Waals surface area (Å²) in [5.74, 6) is 6.93.